The first-order valence-corrected chi connectivity index (χ1v) is 11.1. The van der Waals surface area contributed by atoms with Gasteiger partial charge in [0.05, 0.1) is 17.8 Å². The van der Waals surface area contributed by atoms with Gasteiger partial charge in [-0.25, -0.2) is 4.68 Å². The Labute approximate surface area is 179 Å². The van der Waals surface area contributed by atoms with Crippen molar-refractivity contribution in [2.75, 3.05) is 5.32 Å². The highest BCUT2D eigenvalue weighted by atomic mass is 32.2. The van der Waals surface area contributed by atoms with Crippen LogP contribution in [0.2, 0.25) is 0 Å². The van der Waals surface area contributed by atoms with E-state index in [-0.39, 0.29) is 5.91 Å². The molecule has 0 radical (unpaired) electrons. The van der Waals surface area contributed by atoms with Gasteiger partial charge in [0.2, 0.25) is 5.91 Å². The van der Waals surface area contributed by atoms with Gasteiger partial charge in [-0.3, -0.25) is 4.79 Å². The van der Waals surface area contributed by atoms with E-state index in [4.69, 9.17) is 5.10 Å². The van der Waals surface area contributed by atoms with Crippen LogP contribution in [0.5, 0.6) is 0 Å². The van der Waals surface area contributed by atoms with Gasteiger partial charge in [0.25, 0.3) is 0 Å². The number of nitrogens with one attached hydrogen (secondary N) is 1. The van der Waals surface area contributed by atoms with Crippen molar-refractivity contribution in [3.63, 3.8) is 0 Å². The zero-order chi connectivity index (χ0) is 20.3. The first kappa shape index (κ1) is 18.7. The van der Waals surface area contributed by atoms with E-state index < -0.39 is 0 Å². The zero-order valence-electron chi connectivity index (χ0n) is 16.4. The molecule has 0 unspecified atom stereocenters. The van der Waals surface area contributed by atoms with Crippen molar-refractivity contribution in [3.05, 3.63) is 102 Å². The van der Waals surface area contributed by atoms with Gasteiger partial charge in [-0.1, -0.05) is 72.8 Å². The van der Waals surface area contributed by atoms with Gasteiger partial charge < -0.3 is 5.32 Å². The number of hydrogen-bond acceptors (Lipinski definition) is 3. The summed E-state index contributed by atoms with van der Waals surface area (Å²) in [4.78, 5) is 12.9. The van der Waals surface area contributed by atoms with Crippen molar-refractivity contribution < 1.29 is 4.79 Å². The van der Waals surface area contributed by atoms with Gasteiger partial charge >= 0.3 is 0 Å². The van der Waals surface area contributed by atoms with Crippen molar-refractivity contribution in [2.45, 2.75) is 17.9 Å². The number of nitrogens with zero attached hydrogens (tertiary/aromatic N) is 2. The molecule has 1 aromatic heterocycles. The van der Waals surface area contributed by atoms with Crippen molar-refractivity contribution >= 4 is 23.5 Å². The molecule has 30 heavy (non-hydrogen) atoms. The number of para-hydroxylation sites is 1. The van der Waals surface area contributed by atoms with Crippen LogP contribution in [-0.2, 0) is 22.7 Å². The van der Waals surface area contributed by atoms with Crippen molar-refractivity contribution in [3.8, 4) is 16.8 Å². The molecule has 0 atom stereocenters. The lowest BCUT2D eigenvalue weighted by Crippen LogP contribution is -2.18. The molecule has 148 valence electrons. The number of amides is 1. The second-order valence-electron chi connectivity index (χ2n) is 7.30. The van der Waals surface area contributed by atoms with E-state index in [9.17, 15) is 4.79 Å². The summed E-state index contributed by atoms with van der Waals surface area (Å²) >= 11 is 1.83. The summed E-state index contributed by atoms with van der Waals surface area (Å²) in [6.07, 6.45) is 0.330. The SMILES string of the molecule is O=C(Cc1ccc(-c2ccccc2)cc1)Nc1c2c(nn1-c1ccccc1)CSC2. The van der Waals surface area contributed by atoms with Crippen LogP contribution in [-0.4, -0.2) is 15.7 Å². The molecule has 0 saturated heterocycles. The maximum atomic E-state index is 12.9. The van der Waals surface area contributed by atoms with E-state index in [1.807, 2.05) is 77.1 Å². The molecular formula is C25H21N3OS. The number of benzene rings is 3. The predicted molar refractivity (Wildman–Crippen MR) is 123 cm³/mol. The maximum Gasteiger partial charge on any atom is 0.229 e. The molecule has 1 N–H and O–H groups in total. The topological polar surface area (TPSA) is 46.9 Å². The lowest BCUT2D eigenvalue weighted by Gasteiger charge is -2.11. The summed E-state index contributed by atoms with van der Waals surface area (Å²) in [6, 6.07) is 28.4. The maximum absolute atomic E-state index is 12.9. The summed E-state index contributed by atoms with van der Waals surface area (Å²) in [5.41, 5.74) is 6.47. The van der Waals surface area contributed by atoms with E-state index in [1.165, 1.54) is 5.56 Å². The molecule has 0 aliphatic carbocycles. The van der Waals surface area contributed by atoms with Crippen LogP contribution >= 0.6 is 11.8 Å². The molecule has 1 aliphatic rings. The lowest BCUT2D eigenvalue weighted by atomic mass is 10.0. The number of rotatable bonds is 5. The number of fused-ring (bicyclic) bond motifs is 1. The Morgan fingerprint density at radius 2 is 1.53 bits per heavy atom. The number of thioether (sulfide) groups is 1. The molecule has 1 aliphatic heterocycles. The zero-order valence-corrected chi connectivity index (χ0v) is 17.2. The van der Waals surface area contributed by atoms with Crippen molar-refractivity contribution in [1.29, 1.82) is 0 Å². The Morgan fingerprint density at radius 1 is 0.867 bits per heavy atom. The molecule has 3 aromatic carbocycles. The highest BCUT2D eigenvalue weighted by Gasteiger charge is 2.24. The number of hydrogen-bond donors (Lipinski definition) is 1. The molecule has 4 nitrogen and oxygen atoms in total. The number of carbonyl (C=O) groups is 1. The van der Waals surface area contributed by atoms with Crippen LogP contribution in [0.3, 0.4) is 0 Å². The van der Waals surface area contributed by atoms with Crippen LogP contribution in [0.4, 0.5) is 5.82 Å². The molecule has 5 rings (SSSR count). The Bertz CT molecular complexity index is 1170. The van der Waals surface area contributed by atoms with E-state index in [1.54, 1.807) is 0 Å². The fourth-order valence-electron chi connectivity index (χ4n) is 3.70. The fourth-order valence-corrected chi connectivity index (χ4v) is 4.74. The number of anilines is 1. The Hall–Kier alpha value is -3.31. The summed E-state index contributed by atoms with van der Waals surface area (Å²) in [6.45, 7) is 0. The van der Waals surface area contributed by atoms with Gasteiger partial charge in [-0.2, -0.15) is 16.9 Å². The first-order chi connectivity index (χ1) is 14.8. The standard InChI is InChI=1S/C25H21N3OS/c29-24(15-18-11-13-20(14-12-18)19-7-3-1-4-8-19)26-25-22-16-30-17-23(22)27-28(25)21-9-5-2-6-10-21/h1-14H,15-17H2,(H,26,29). The third-order valence-corrected chi connectivity index (χ3v) is 6.21. The van der Waals surface area contributed by atoms with Gasteiger partial charge in [0.1, 0.15) is 5.82 Å². The quantitative estimate of drug-likeness (QED) is 0.474. The third-order valence-electron chi connectivity index (χ3n) is 5.24. The van der Waals surface area contributed by atoms with Crippen LogP contribution in [0, 0.1) is 0 Å². The number of aromatic nitrogens is 2. The van der Waals surface area contributed by atoms with Crippen LogP contribution in [0.1, 0.15) is 16.8 Å². The average molecular weight is 412 g/mol. The van der Waals surface area contributed by atoms with Crippen molar-refractivity contribution in [1.82, 2.24) is 9.78 Å². The Kier molecular flexibility index (Phi) is 5.11. The van der Waals surface area contributed by atoms with E-state index in [0.29, 0.717) is 6.42 Å². The Balaban J connectivity index is 1.35. The third kappa shape index (κ3) is 3.76. The molecule has 2 heterocycles. The van der Waals surface area contributed by atoms with Gasteiger partial charge in [0, 0.05) is 17.1 Å². The normalized spacial score (nSPS) is 12.5. The molecule has 0 spiro atoms. The monoisotopic (exact) mass is 411 g/mol. The van der Waals surface area contributed by atoms with Crippen LogP contribution < -0.4 is 5.32 Å². The predicted octanol–water partition coefficient (Wildman–Crippen LogP) is 5.47. The summed E-state index contributed by atoms with van der Waals surface area (Å²) in [5.74, 6) is 2.54. The van der Waals surface area contributed by atoms with E-state index >= 15 is 0 Å². The van der Waals surface area contributed by atoms with Gasteiger partial charge in [0.15, 0.2) is 0 Å². The molecule has 0 saturated carbocycles. The lowest BCUT2D eigenvalue weighted by molar-refractivity contribution is -0.115. The second-order valence-corrected chi connectivity index (χ2v) is 8.29. The second kappa shape index (κ2) is 8.20. The summed E-state index contributed by atoms with van der Waals surface area (Å²) < 4.78 is 1.86. The van der Waals surface area contributed by atoms with Gasteiger partial charge in [-0.05, 0) is 28.8 Å². The first-order valence-electron chi connectivity index (χ1n) is 9.96. The minimum atomic E-state index is -0.0285. The number of carbonyl (C=O) groups excluding carboxylic acids is 1. The minimum Gasteiger partial charge on any atom is -0.310 e. The largest absolute Gasteiger partial charge is 0.310 e. The molecular weight excluding hydrogens is 390 g/mol. The molecule has 1 amide bonds. The smallest absolute Gasteiger partial charge is 0.229 e. The van der Waals surface area contributed by atoms with Gasteiger partial charge in [-0.15, -0.1) is 0 Å². The highest BCUT2D eigenvalue weighted by molar-refractivity contribution is 7.98. The molecule has 0 bridgehead atoms. The average Bonchev–Trinajstić information content (AvgIpc) is 3.38. The molecule has 0 fully saturated rings. The molecule has 4 aromatic rings. The minimum absolute atomic E-state index is 0.0285. The van der Waals surface area contributed by atoms with Crippen molar-refractivity contribution in [2.24, 2.45) is 0 Å². The Morgan fingerprint density at radius 3 is 2.27 bits per heavy atom. The highest BCUT2D eigenvalue weighted by Crippen LogP contribution is 2.36. The molecule has 5 heteroatoms. The van der Waals surface area contributed by atoms with Crippen LogP contribution in [0.25, 0.3) is 16.8 Å². The summed E-state index contributed by atoms with van der Waals surface area (Å²) in [7, 11) is 0. The van der Waals surface area contributed by atoms with E-state index in [2.05, 4.69) is 29.6 Å². The summed E-state index contributed by atoms with van der Waals surface area (Å²) in [5, 5.41) is 7.88. The fraction of sp³-hybridized carbons (Fsp3) is 0.120. The van der Waals surface area contributed by atoms with Crippen LogP contribution in [0.15, 0.2) is 84.9 Å². The van der Waals surface area contributed by atoms with E-state index in [0.717, 1.165) is 45.4 Å².